The number of nitrogens with two attached hydrogens (primary N) is 1. The second kappa shape index (κ2) is 6.10. The van der Waals surface area contributed by atoms with Gasteiger partial charge in [0.05, 0.1) is 18.9 Å². The molecule has 3 rings (SSSR count). The summed E-state index contributed by atoms with van der Waals surface area (Å²) >= 11 is 0. The zero-order chi connectivity index (χ0) is 14.7. The molecular weight excluding hydrogens is 264 g/mol. The summed E-state index contributed by atoms with van der Waals surface area (Å²) in [4.78, 5) is 11.2. The van der Waals surface area contributed by atoms with Crippen molar-refractivity contribution in [3.63, 3.8) is 0 Å². The molecule has 2 heterocycles. The smallest absolute Gasteiger partial charge is 0.228 e. The number of aryl methyl sites for hydroxylation is 1. The van der Waals surface area contributed by atoms with E-state index in [2.05, 4.69) is 35.0 Å². The molecule has 0 saturated carbocycles. The highest BCUT2D eigenvalue weighted by Crippen LogP contribution is 2.25. The van der Waals surface area contributed by atoms with Crippen molar-refractivity contribution in [1.29, 1.82) is 0 Å². The van der Waals surface area contributed by atoms with Crippen LogP contribution in [0.5, 0.6) is 0 Å². The Morgan fingerprint density at radius 1 is 1.19 bits per heavy atom. The molecule has 2 aromatic rings. The van der Waals surface area contributed by atoms with Crippen molar-refractivity contribution >= 4 is 11.8 Å². The van der Waals surface area contributed by atoms with Crippen LogP contribution in [-0.2, 0) is 11.2 Å². The normalized spacial score (nSPS) is 15.2. The maximum absolute atomic E-state index is 5.99. The lowest BCUT2D eigenvalue weighted by atomic mass is 10.0. The molecule has 0 unspecified atom stereocenters. The minimum absolute atomic E-state index is 0.507. The summed E-state index contributed by atoms with van der Waals surface area (Å²) in [5, 5.41) is 0. The van der Waals surface area contributed by atoms with Crippen LogP contribution in [-0.4, -0.2) is 36.3 Å². The van der Waals surface area contributed by atoms with E-state index in [-0.39, 0.29) is 0 Å². The zero-order valence-electron chi connectivity index (χ0n) is 12.2. The number of nitrogens with zero attached hydrogens (tertiary/aromatic N) is 3. The molecule has 5 nitrogen and oxygen atoms in total. The molecule has 0 radical (unpaired) electrons. The molecule has 1 aromatic carbocycles. The standard InChI is InChI=1S/C16H20N4O/c1-2-12-5-3-4-6-13(12)14-11-15(17)19-16(18-14)20-7-9-21-10-8-20/h3-6,11H,2,7-10H2,1H3,(H2,17,18,19). The number of benzene rings is 1. The Kier molecular flexibility index (Phi) is 4.01. The highest BCUT2D eigenvalue weighted by molar-refractivity contribution is 5.67. The van der Waals surface area contributed by atoms with E-state index in [1.54, 1.807) is 0 Å². The van der Waals surface area contributed by atoms with E-state index in [0.717, 1.165) is 30.8 Å². The highest BCUT2D eigenvalue weighted by Gasteiger charge is 2.16. The first-order valence-electron chi connectivity index (χ1n) is 7.33. The summed E-state index contributed by atoms with van der Waals surface area (Å²) in [5.41, 5.74) is 9.27. The fourth-order valence-electron chi connectivity index (χ4n) is 2.57. The largest absolute Gasteiger partial charge is 0.384 e. The molecule has 1 fully saturated rings. The van der Waals surface area contributed by atoms with Crippen molar-refractivity contribution in [2.45, 2.75) is 13.3 Å². The second-order valence-electron chi connectivity index (χ2n) is 5.09. The van der Waals surface area contributed by atoms with Gasteiger partial charge >= 0.3 is 0 Å². The minimum Gasteiger partial charge on any atom is -0.384 e. The summed E-state index contributed by atoms with van der Waals surface area (Å²) in [6.45, 7) is 5.17. The molecule has 0 amide bonds. The van der Waals surface area contributed by atoms with Crippen molar-refractivity contribution in [3.05, 3.63) is 35.9 Å². The topological polar surface area (TPSA) is 64.3 Å². The Bertz CT molecular complexity index is 623. The van der Waals surface area contributed by atoms with Gasteiger partial charge in [-0.15, -0.1) is 0 Å². The van der Waals surface area contributed by atoms with Gasteiger partial charge in [-0.05, 0) is 12.0 Å². The molecular formula is C16H20N4O. The summed E-state index contributed by atoms with van der Waals surface area (Å²) in [5.74, 6) is 1.20. The maximum atomic E-state index is 5.99. The third-order valence-electron chi connectivity index (χ3n) is 3.70. The van der Waals surface area contributed by atoms with Crippen molar-refractivity contribution in [2.24, 2.45) is 0 Å². The molecule has 2 N–H and O–H groups in total. The molecule has 0 bridgehead atoms. The fourth-order valence-corrected chi connectivity index (χ4v) is 2.57. The van der Waals surface area contributed by atoms with Crippen molar-refractivity contribution in [2.75, 3.05) is 36.9 Å². The minimum atomic E-state index is 0.507. The number of morpholine rings is 1. The third kappa shape index (κ3) is 2.97. The highest BCUT2D eigenvalue weighted by atomic mass is 16.5. The number of ether oxygens (including phenoxy) is 1. The van der Waals surface area contributed by atoms with Gasteiger partial charge in [0, 0.05) is 24.7 Å². The summed E-state index contributed by atoms with van der Waals surface area (Å²) < 4.78 is 5.37. The zero-order valence-corrected chi connectivity index (χ0v) is 12.2. The van der Waals surface area contributed by atoms with E-state index in [9.17, 15) is 0 Å². The predicted molar refractivity (Wildman–Crippen MR) is 84.3 cm³/mol. The number of hydrogen-bond donors (Lipinski definition) is 1. The van der Waals surface area contributed by atoms with Gasteiger partial charge in [0.1, 0.15) is 5.82 Å². The Labute approximate surface area is 124 Å². The van der Waals surface area contributed by atoms with Crippen LogP contribution in [0, 0.1) is 0 Å². The predicted octanol–water partition coefficient (Wildman–Crippen LogP) is 2.12. The third-order valence-corrected chi connectivity index (χ3v) is 3.70. The van der Waals surface area contributed by atoms with Gasteiger partial charge in [-0.25, -0.2) is 4.98 Å². The van der Waals surface area contributed by atoms with E-state index in [4.69, 9.17) is 15.5 Å². The van der Waals surface area contributed by atoms with E-state index < -0.39 is 0 Å². The van der Waals surface area contributed by atoms with E-state index in [1.807, 2.05) is 12.1 Å². The van der Waals surface area contributed by atoms with Crippen LogP contribution in [0.1, 0.15) is 12.5 Å². The average molecular weight is 284 g/mol. The Morgan fingerprint density at radius 3 is 2.71 bits per heavy atom. The number of aromatic nitrogens is 2. The molecule has 0 atom stereocenters. The van der Waals surface area contributed by atoms with Gasteiger partial charge in [-0.3, -0.25) is 0 Å². The average Bonchev–Trinajstić information content (AvgIpc) is 2.55. The van der Waals surface area contributed by atoms with Crippen LogP contribution in [0.3, 0.4) is 0 Å². The van der Waals surface area contributed by atoms with Gasteiger partial charge < -0.3 is 15.4 Å². The number of anilines is 2. The fraction of sp³-hybridized carbons (Fsp3) is 0.375. The van der Waals surface area contributed by atoms with Crippen LogP contribution in [0.15, 0.2) is 30.3 Å². The lowest BCUT2D eigenvalue weighted by Crippen LogP contribution is -2.37. The van der Waals surface area contributed by atoms with E-state index in [1.165, 1.54) is 5.56 Å². The van der Waals surface area contributed by atoms with Gasteiger partial charge in [0.15, 0.2) is 0 Å². The van der Waals surface area contributed by atoms with Gasteiger partial charge in [0.25, 0.3) is 0 Å². The Hall–Kier alpha value is -2.14. The SMILES string of the molecule is CCc1ccccc1-c1cc(N)nc(N2CCOCC2)n1. The first kappa shape index (κ1) is 13.8. The molecule has 0 spiro atoms. The van der Waals surface area contributed by atoms with E-state index >= 15 is 0 Å². The molecule has 1 aliphatic heterocycles. The van der Waals surface area contributed by atoms with Gasteiger partial charge in [0.2, 0.25) is 5.95 Å². The van der Waals surface area contributed by atoms with Gasteiger partial charge in [-0.1, -0.05) is 31.2 Å². The molecule has 1 aromatic heterocycles. The van der Waals surface area contributed by atoms with Crippen LogP contribution < -0.4 is 10.6 Å². The van der Waals surface area contributed by atoms with Crippen molar-refractivity contribution in [3.8, 4) is 11.3 Å². The molecule has 1 saturated heterocycles. The first-order valence-corrected chi connectivity index (χ1v) is 7.33. The second-order valence-corrected chi connectivity index (χ2v) is 5.09. The number of rotatable bonds is 3. The first-order chi connectivity index (χ1) is 10.3. The molecule has 1 aliphatic rings. The van der Waals surface area contributed by atoms with Crippen LogP contribution in [0.4, 0.5) is 11.8 Å². The Balaban J connectivity index is 2.01. The van der Waals surface area contributed by atoms with Crippen LogP contribution >= 0.6 is 0 Å². The van der Waals surface area contributed by atoms with Gasteiger partial charge in [-0.2, -0.15) is 4.98 Å². The molecule has 5 heteroatoms. The summed E-state index contributed by atoms with van der Waals surface area (Å²) in [6.07, 6.45) is 0.965. The molecule has 21 heavy (non-hydrogen) atoms. The van der Waals surface area contributed by atoms with Crippen LogP contribution in [0.25, 0.3) is 11.3 Å². The quantitative estimate of drug-likeness (QED) is 0.935. The van der Waals surface area contributed by atoms with E-state index in [0.29, 0.717) is 25.0 Å². The lowest BCUT2D eigenvalue weighted by Gasteiger charge is -2.27. The molecule has 110 valence electrons. The van der Waals surface area contributed by atoms with Crippen LogP contribution in [0.2, 0.25) is 0 Å². The molecule has 0 aliphatic carbocycles. The Morgan fingerprint density at radius 2 is 1.95 bits per heavy atom. The lowest BCUT2D eigenvalue weighted by molar-refractivity contribution is 0.122. The summed E-state index contributed by atoms with van der Waals surface area (Å²) in [6, 6.07) is 10.1. The van der Waals surface area contributed by atoms with Crippen molar-refractivity contribution < 1.29 is 4.74 Å². The number of nitrogen functional groups attached to an aromatic ring is 1. The monoisotopic (exact) mass is 284 g/mol. The summed E-state index contributed by atoms with van der Waals surface area (Å²) in [7, 11) is 0. The maximum Gasteiger partial charge on any atom is 0.228 e. The van der Waals surface area contributed by atoms with Crippen molar-refractivity contribution in [1.82, 2.24) is 9.97 Å². The number of hydrogen-bond acceptors (Lipinski definition) is 5.